The number of benzene rings is 2. The Morgan fingerprint density at radius 3 is 2.73 bits per heavy atom. The largest absolute Gasteiger partial charge is 0.496 e. The number of hydrogen-bond donors (Lipinski definition) is 0. The molecule has 0 saturated carbocycles. The first-order valence-electron chi connectivity index (χ1n) is 11.7. The van der Waals surface area contributed by atoms with E-state index in [4.69, 9.17) is 9.72 Å². The van der Waals surface area contributed by atoms with Gasteiger partial charge < -0.3 is 19.1 Å². The molecule has 2 aromatic carbocycles. The van der Waals surface area contributed by atoms with Gasteiger partial charge in [-0.1, -0.05) is 30.3 Å². The monoisotopic (exact) mass is 446 g/mol. The normalized spacial score (nSPS) is 21.1. The summed E-state index contributed by atoms with van der Waals surface area (Å²) in [5.41, 5.74) is 3.02. The van der Waals surface area contributed by atoms with E-state index in [1.54, 1.807) is 12.0 Å². The molecule has 0 bridgehead atoms. The van der Waals surface area contributed by atoms with Gasteiger partial charge in [-0.15, -0.1) is 0 Å². The Morgan fingerprint density at radius 2 is 1.91 bits per heavy atom. The molecule has 3 heterocycles. The lowest BCUT2D eigenvalue weighted by molar-refractivity contribution is -0.142. The average Bonchev–Trinajstić information content (AvgIpc) is 3.39. The Bertz CT molecular complexity index is 1190. The zero-order chi connectivity index (χ0) is 22.9. The highest BCUT2D eigenvalue weighted by molar-refractivity contribution is 5.91. The molecule has 172 valence electrons. The number of fused-ring (bicyclic) bond motifs is 1. The van der Waals surface area contributed by atoms with Crippen molar-refractivity contribution >= 4 is 22.8 Å². The van der Waals surface area contributed by atoms with E-state index in [0.29, 0.717) is 25.9 Å². The lowest BCUT2D eigenvalue weighted by Gasteiger charge is -2.36. The zero-order valence-electron chi connectivity index (χ0n) is 19.2. The number of carbonyl (C=O) groups is 2. The van der Waals surface area contributed by atoms with Gasteiger partial charge in [-0.05, 0) is 37.5 Å². The first-order chi connectivity index (χ1) is 16.1. The topological polar surface area (TPSA) is 67.7 Å². The molecule has 7 heteroatoms. The predicted molar refractivity (Wildman–Crippen MR) is 126 cm³/mol. The van der Waals surface area contributed by atoms with Crippen LogP contribution in [-0.2, 0) is 23.2 Å². The van der Waals surface area contributed by atoms with Crippen LogP contribution < -0.4 is 4.74 Å². The summed E-state index contributed by atoms with van der Waals surface area (Å²) in [6.07, 6.45) is 2.93. The van der Waals surface area contributed by atoms with E-state index >= 15 is 0 Å². The Morgan fingerprint density at radius 1 is 1.12 bits per heavy atom. The lowest BCUT2D eigenvalue weighted by atomic mass is 9.96. The minimum absolute atomic E-state index is 0.0307. The van der Waals surface area contributed by atoms with Crippen molar-refractivity contribution in [2.75, 3.05) is 20.2 Å². The summed E-state index contributed by atoms with van der Waals surface area (Å²) in [4.78, 5) is 34.9. The molecular weight excluding hydrogens is 416 g/mol. The lowest BCUT2D eigenvalue weighted by Crippen LogP contribution is -2.49. The van der Waals surface area contributed by atoms with Crippen LogP contribution in [0, 0.1) is 0 Å². The fourth-order valence-corrected chi connectivity index (χ4v) is 5.33. The summed E-state index contributed by atoms with van der Waals surface area (Å²) in [6.45, 7) is 1.76. The second-order valence-corrected chi connectivity index (χ2v) is 9.03. The number of likely N-dealkylation sites (tertiary alicyclic amines) is 2. The van der Waals surface area contributed by atoms with E-state index in [1.807, 2.05) is 47.4 Å². The SMILES string of the molecule is COc1ccccc1CN1C(=O)CCC1C(=O)N1CCCC(c2nc3ccccc3n2C)C1. The maximum atomic E-state index is 13.6. The second-order valence-electron chi connectivity index (χ2n) is 9.03. The molecule has 0 spiro atoms. The first-order valence-corrected chi connectivity index (χ1v) is 11.7. The molecular formula is C26H30N4O3. The number of aromatic nitrogens is 2. The van der Waals surface area contributed by atoms with Gasteiger partial charge in [-0.2, -0.15) is 0 Å². The molecule has 1 aromatic heterocycles. The van der Waals surface area contributed by atoms with Gasteiger partial charge in [0.05, 0.1) is 24.7 Å². The molecule has 2 aliphatic rings. The van der Waals surface area contributed by atoms with Crippen LogP contribution in [0.3, 0.4) is 0 Å². The van der Waals surface area contributed by atoms with Gasteiger partial charge in [-0.3, -0.25) is 9.59 Å². The molecule has 33 heavy (non-hydrogen) atoms. The van der Waals surface area contributed by atoms with Crippen molar-refractivity contribution in [2.45, 2.75) is 44.2 Å². The van der Waals surface area contributed by atoms with Crippen molar-refractivity contribution in [1.82, 2.24) is 19.4 Å². The van der Waals surface area contributed by atoms with Crippen LogP contribution in [-0.4, -0.2) is 57.4 Å². The molecule has 2 atom stereocenters. The highest BCUT2D eigenvalue weighted by atomic mass is 16.5. The second kappa shape index (κ2) is 8.89. The predicted octanol–water partition coefficient (Wildman–Crippen LogP) is 3.48. The Hall–Kier alpha value is -3.35. The van der Waals surface area contributed by atoms with Gasteiger partial charge in [-0.25, -0.2) is 4.98 Å². The molecule has 0 N–H and O–H groups in total. The van der Waals surface area contributed by atoms with Crippen molar-refractivity contribution in [3.05, 3.63) is 59.9 Å². The van der Waals surface area contributed by atoms with Gasteiger partial charge in [0.25, 0.3) is 0 Å². The van der Waals surface area contributed by atoms with Gasteiger partial charge in [0.1, 0.15) is 17.6 Å². The number of hydrogen-bond acceptors (Lipinski definition) is 4. The third kappa shape index (κ3) is 3.96. The Kier molecular flexibility index (Phi) is 5.79. The number of amides is 2. The first kappa shape index (κ1) is 21.5. The molecule has 2 saturated heterocycles. The van der Waals surface area contributed by atoms with Crippen molar-refractivity contribution in [2.24, 2.45) is 7.05 Å². The minimum Gasteiger partial charge on any atom is -0.496 e. The third-order valence-corrected chi connectivity index (χ3v) is 7.07. The number of imidazole rings is 1. The van der Waals surface area contributed by atoms with Crippen LogP contribution >= 0.6 is 0 Å². The number of aryl methyl sites for hydroxylation is 1. The van der Waals surface area contributed by atoms with E-state index in [9.17, 15) is 9.59 Å². The van der Waals surface area contributed by atoms with Crippen LogP contribution in [0.5, 0.6) is 5.75 Å². The minimum atomic E-state index is -0.415. The van der Waals surface area contributed by atoms with Crippen molar-refractivity contribution in [1.29, 1.82) is 0 Å². The smallest absolute Gasteiger partial charge is 0.245 e. The standard InChI is InChI=1S/C26H30N4O3/c1-28-21-11-5-4-10-20(21)27-25(28)19-9-7-15-29(16-19)26(32)22-13-14-24(31)30(22)17-18-8-3-6-12-23(18)33-2/h3-6,8,10-12,19,22H,7,9,13-17H2,1-2H3. The number of para-hydroxylation sites is 3. The Balaban J connectivity index is 1.34. The fourth-order valence-electron chi connectivity index (χ4n) is 5.33. The molecule has 2 fully saturated rings. The third-order valence-electron chi connectivity index (χ3n) is 7.07. The van der Waals surface area contributed by atoms with Crippen molar-refractivity contribution < 1.29 is 14.3 Å². The number of nitrogens with zero attached hydrogens (tertiary/aromatic N) is 4. The van der Waals surface area contributed by atoms with Crippen LogP contribution in [0.2, 0.25) is 0 Å². The molecule has 2 unspecified atom stereocenters. The molecule has 3 aromatic rings. The van der Waals surface area contributed by atoms with Crippen molar-refractivity contribution in [3.63, 3.8) is 0 Å². The number of carbonyl (C=O) groups excluding carboxylic acids is 2. The summed E-state index contributed by atoms with van der Waals surface area (Å²) >= 11 is 0. The number of piperidine rings is 1. The Labute approximate surface area is 193 Å². The van der Waals surface area contributed by atoms with Crippen molar-refractivity contribution in [3.8, 4) is 5.75 Å². The quantitative estimate of drug-likeness (QED) is 0.602. The van der Waals surface area contributed by atoms with Gasteiger partial charge in [0.2, 0.25) is 11.8 Å². The van der Waals surface area contributed by atoms with E-state index in [0.717, 1.165) is 47.6 Å². The summed E-state index contributed by atoms with van der Waals surface area (Å²) in [5.74, 6) is 2.05. The van der Waals surface area contributed by atoms with Crippen LogP contribution in [0.25, 0.3) is 11.0 Å². The van der Waals surface area contributed by atoms with Gasteiger partial charge in [0.15, 0.2) is 0 Å². The van der Waals surface area contributed by atoms with E-state index in [-0.39, 0.29) is 17.7 Å². The summed E-state index contributed by atoms with van der Waals surface area (Å²) in [6, 6.07) is 15.4. The molecule has 2 aliphatic heterocycles. The number of ether oxygens (including phenoxy) is 1. The maximum absolute atomic E-state index is 13.6. The molecule has 0 aliphatic carbocycles. The zero-order valence-corrected chi connectivity index (χ0v) is 19.2. The van der Waals surface area contributed by atoms with Gasteiger partial charge in [0, 0.05) is 38.0 Å². The van der Waals surface area contributed by atoms with Gasteiger partial charge >= 0.3 is 0 Å². The molecule has 2 amide bonds. The van der Waals surface area contributed by atoms with E-state index < -0.39 is 6.04 Å². The fraction of sp³-hybridized carbons (Fsp3) is 0.423. The molecule has 0 radical (unpaired) electrons. The highest BCUT2D eigenvalue weighted by Crippen LogP contribution is 2.31. The molecule has 5 rings (SSSR count). The van der Waals surface area contributed by atoms with E-state index in [1.165, 1.54) is 0 Å². The van der Waals surface area contributed by atoms with Crippen LogP contribution in [0.1, 0.15) is 43.0 Å². The number of rotatable bonds is 5. The number of methoxy groups -OCH3 is 1. The summed E-state index contributed by atoms with van der Waals surface area (Å²) < 4.78 is 7.61. The van der Waals surface area contributed by atoms with Crippen LogP contribution in [0.15, 0.2) is 48.5 Å². The molecule has 7 nitrogen and oxygen atoms in total. The summed E-state index contributed by atoms with van der Waals surface area (Å²) in [5, 5.41) is 0. The van der Waals surface area contributed by atoms with E-state index in [2.05, 4.69) is 17.7 Å². The highest BCUT2D eigenvalue weighted by Gasteiger charge is 2.40. The maximum Gasteiger partial charge on any atom is 0.245 e. The summed E-state index contributed by atoms with van der Waals surface area (Å²) in [7, 11) is 3.68. The average molecular weight is 447 g/mol. The van der Waals surface area contributed by atoms with Crippen LogP contribution in [0.4, 0.5) is 0 Å².